The van der Waals surface area contributed by atoms with Crippen LogP contribution in [0.3, 0.4) is 0 Å². The number of likely N-dealkylation sites (tertiary alicyclic amines) is 1. The predicted octanol–water partition coefficient (Wildman–Crippen LogP) is 2.62. The van der Waals surface area contributed by atoms with Crippen LogP contribution in [0.25, 0.3) is 0 Å². The molecule has 1 saturated heterocycles. The first kappa shape index (κ1) is 14.2. The van der Waals surface area contributed by atoms with Gasteiger partial charge in [0.15, 0.2) is 0 Å². The molecule has 102 valence electrons. The topological polar surface area (TPSA) is 46.3 Å². The van der Waals surface area contributed by atoms with Crippen molar-refractivity contribution in [2.75, 3.05) is 13.1 Å². The van der Waals surface area contributed by atoms with Gasteiger partial charge in [-0.05, 0) is 31.0 Å². The van der Waals surface area contributed by atoms with Crippen molar-refractivity contribution in [2.45, 2.75) is 12.8 Å². The summed E-state index contributed by atoms with van der Waals surface area (Å²) in [6.45, 7) is 1.21. The highest BCUT2D eigenvalue weighted by Crippen LogP contribution is 2.21. The SMILES string of the molecule is NC(=S)C1CCN(C(=O)c2ccc(F)c(Cl)c2)CC1. The van der Waals surface area contributed by atoms with Crippen molar-refractivity contribution in [1.29, 1.82) is 0 Å². The lowest BCUT2D eigenvalue weighted by Gasteiger charge is -2.31. The molecule has 0 radical (unpaired) electrons. The minimum Gasteiger partial charge on any atom is -0.393 e. The number of amides is 1. The van der Waals surface area contributed by atoms with E-state index in [1.54, 1.807) is 4.90 Å². The third kappa shape index (κ3) is 3.22. The third-order valence-electron chi connectivity index (χ3n) is 3.35. The van der Waals surface area contributed by atoms with Crippen LogP contribution in [0.5, 0.6) is 0 Å². The molecule has 0 saturated carbocycles. The fourth-order valence-corrected chi connectivity index (χ4v) is 2.60. The second kappa shape index (κ2) is 5.84. The summed E-state index contributed by atoms with van der Waals surface area (Å²) in [5.74, 6) is -0.454. The van der Waals surface area contributed by atoms with Crippen molar-refractivity contribution in [3.8, 4) is 0 Å². The highest BCUT2D eigenvalue weighted by atomic mass is 35.5. The van der Waals surface area contributed by atoms with Crippen LogP contribution in [0.4, 0.5) is 4.39 Å². The molecule has 19 heavy (non-hydrogen) atoms. The Hall–Kier alpha value is -1.20. The molecule has 0 bridgehead atoms. The summed E-state index contributed by atoms with van der Waals surface area (Å²) in [4.78, 5) is 14.5. The zero-order chi connectivity index (χ0) is 14.0. The fourth-order valence-electron chi connectivity index (χ4n) is 2.18. The molecule has 1 amide bonds. The van der Waals surface area contributed by atoms with Gasteiger partial charge in [0.25, 0.3) is 5.91 Å². The van der Waals surface area contributed by atoms with E-state index in [-0.39, 0.29) is 16.8 Å². The smallest absolute Gasteiger partial charge is 0.253 e. The van der Waals surface area contributed by atoms with Gasteiger partial charge in [-0.3, -0.25) is 4.79 Å². The van der Waals surface area contributed by atoms with E-state index in [0.29, 0.717) is 23.6 Å². The van der Waals surface area contributed by atoms with Crippen LogP contribution in [0.15, 0.2) is 18.2 Å². The van der Waals surface area contributed by atoms with E-state index in [2.05, 4.69) is 0 Å². The number of halogens is 2. The highest BCUT2D eigenvalue weighted by Gasteiger charge is 2.25. The molecule has 1 aliphatic rings. The van der Waals surface area contributed by atoms with E-state index >= 15 is 0 Å². The lowest BCUT2D eigenvalue weighted by atomic mass is 9.96. The van der Waals surface area contributed by atoms with Crippen molar-refractivity contribution < 1.29 is 9.18 Å². The number of piperidine rings is 1. The van der Waals surface area contributed by atoms with Crippen LogP contribution in [-0.2, 0) is 0 Å². The Labute approximate surface area is 121 Å². The lowest BCUT2D eigenvalue weighted by molar-refractivity contribution is 0.0710. The predicted molar refractivity (Wildman–Crippen MR) is 76.8 cm³/mol. The van der Waals surface area contributed by atoms with Crippen LogP contribution in [-0.4, -0.2) is 28.9 Å². The largest absolute Gasteiger partial charge is 0.393 e. The number of hydrogen-bond donors (Lipinski definition) is 1. The molecular formula is C13H14ClFN2OS. The van der Waals surface area contributed by atoms with Crippen LogP contribution in [0.2, 0.25) is 5.02 Å². The Bertz CT molecular complexity index is 515. The minimum absolute atomic E-state index is 0.0381. The van der Waals surface area contributed by atoms with Crippen LogP contribution in [0.1, 0.15) is 23.2 Å². The number of benzene rings is 1. The van der Waals surface area contributed by atoms with Crippen LogP contribution < -0.4 is 5.73 Å². The normalized spacial score (nSPS) is 16.4. The average Bonchev–Trinajstić information content (AvgIpc) is 2.41. The Kier molecular flexibility index (Phi) is 4.37. The molecule has 0 unspecified atom stereocenters. The van der Waals surface area contributed by atoms with Gasteiger partial charge < -0.3 is 10.6 Å². The minimum atomic E-state index is -0.523. The monoisotopic (exact) mass is 300 g/mol. The molecule has 2 rings (SSSR count). The lowest BCUT2D eigenvalue weighted by Crippen LogP contribution is -2.41. The van der Waals surface area contributed by atoms with Crippen molar-refractivity contribution in [3.05, 3.63) is 34.6 Å². The maximum atomic E-state index is 13.1. The molecule has 1 fully saturated rings. The van der Waals surface area contributed by atoms with E-state index in [4.69, 9.17) is 29.6 Å². The third-order valence-corrected chi connectivity index (χ3v) is 3.97. The molecule has 1 heterocycles. The number of carbonyl (C=O) groups excluding carboxylic acids is 1. The molecule has 6 heteroatoms. The van der Waals surface area contributed by atoms with E-state index in [0.717, 1.165) is 12.8 Å². The van der Waals surface area contributed by atoms with E-state index in [1.807, 2.05) is 0 Å². The summed E-state index contributed by atoms with van der Waals surface area (Å²) in [7, 11) is 0. The molecular weight excluding hydrogens is 287 g/mol. The van der Waals surface area contributed by atoms with E-state index in [9.17, 15) is 9.18 Å². The van der Waals surface area contributed by atoms with Crippen molar-refractivity contribution >= 4 is 34.7 Å². The number of nitrogens with zero attached hydrogens (tertiary/aromatic N) is 1. The van der Waals surface area contributed by atoms with Gasteiger partial charge in [-0.15, -0.1) is 0 Å². The summed E-state index contributed by atoms with van der Waals surface area (Å²) < 4.78 is 13.1. The summed E-state index contributed by atoms with van der Waals surface area (Å²) in [5.41, 5.74) is 6.01. The van der Waals surface area contributed by atoms with Crippen molar-refractivity contribution in [1.82, 2.24) is 4.90 Å². The summed E-state index contributed by atoms with van der Waals surface area (Å²) in [6, 6.07) is 4.01. The van der Waals surface area contributed by atoms with E-state index in [1.165, 1.54) is 18.2 Å². The van der Waals surface area contributed by atoms with Gasteiger partial charge in [0.2, 0.25) is 0 Å². The van der Waals surface area contributed by atoms with Crippen LogP contribution >= 0.6 is 23.8 Å². The van der Waals surface area contributed by atoms with Crippen molar-refractivity contribution in [2.24, 2.45) is 11.7 Å². The Morgan fingerprint density at radius 1 is 1.42 bits per heavy atom. The highest BCUT2D eigenvalue weighted by molar-refractivity contribution is 7.80. The second-order valence-corrected chi connectivity index (χ2v) is 5.48. The van der Waals surface area contributed by atoms with E-state index < -0.39 is 5.82 Å². The molecule has 1 aromatic carbocycles. The Balaban J connectivity index is 2.05. The van der Waals surface area contributed by atoms with Gasteiger partial charge in [0.05, 0.1) is 10.0 Å². The quantitative estimate of drug-likeness (QED) is 0.854. The molecule has 1 aromatic rings. The van der Waals surface area contributed by atoms with Crippen LogP contribution in [0, 0.1) is 11.7 Å². The zero-order valence-electron chi connectivity index (χ0n) is 10.2. The first-order valence-corrected chi connectivity index (χ1v) is 6.81. The molecule has 2 N–H and O–H groups in total. The zero-order valence-corrected chi connectivity index (χ0v) is 11.8. The summed E-state index contributed by atoms with van der Waals surface area (Å²) >= 11 is 10.6. The number of thiocarbonyl (C=S) groups is 1. The number of rotatable bonds is 2. The number of hydrogen-bond acceptors (Lipinski definition) is 2. The molecule has 3 nitrogen and oxygen atoms in total. The standard InChI is InChI=1S/C13H14ClFN2OS/c14-10-7-9(1-2-11(10)15)13(18)17-5-3-8(4-6-17)12(16)19/h1-2,7-8H,3-6H2,(H2,16,19). The van der Waals surface area contributed by atoms with Crippen molar-refractivity contribution in [3.63, 3.8) is 0 Å². The first-order valence-electron chi connectivity index (χ1n) is 6.02. The van der Waals surface area contributed by atoms with Gasteiger partial charge in [0.1, 0.15) is 5.82 Å². The Morgan fingerprint density at radius 2 is 2.05 bits per heavy atom. The summed E-state index contributed by atoms with van der Waals surface area (Å²) in [5, 5.41) is -0.0381. The molecule has 0 spiro atoms. The first-order chi connectivity index (χ1) is 8.99. The van der Waals surface area contributed by atoms with Gasteiger partial charge in [-0.2, -0.15) is 0 Å². The molecule has 0 atom stereocenters. The summed E-state index contributed by atoms with van der Waals surface area (Å²) in [6.07, 6.45) is 1.55. The Morgan fingerprint density at radius 3 is 2.58 bits per heavy atom. The van der Waals surface area contributed by atoms with Gasteiger partial charge >= 0.3 is 0 Å². The maximum absolute atomic E-state index is 13.1. The van der Waals surface area contributed by atoms with Gasteiger partial charge in [0, 0.05) is 24.6 Å². The molecule has 0 aromatic heterocycles. The molecule has 0 aliphatic carbocycles. The maximum Gasteiger partial charge on any atom is 0.253 e. The fraction of sp³-hybridized carbons (Fsp3) is 0.385. The second-order valence-electron chi connectivity index (χ2n) is 4.60. The number of carbonyl (C=O) groups is 1. The molecule has 1 aliphatic heterocycles. The number of nitrogens with two attached hydrogens (primary N) is 1. The average molecular weight is 301 g/mol. The van der Waals surface area contributed by atoms with Gasteiger partial charge in [-0.25, -0.2) is 4.39 Å². The van der Waals surface area contributed by atoms with Gasteiger partial charge in [-0.1, -0.05) is 23.8 Å².